The molecule has 116 valence electrons. The molecule has 6 nitrogen and oxygen atoms in total. The number of hydrogen-bond acceptors (Lipinski definition) is 6. The summed E-state index contributed by atoms with van der Waals surface area (Å²) in [5, 5.41) is 0.287. The van der Waals surface area contributed by atoms with Crippen molar-refractivity contribution in [2.45, 2.75) is 0 Å². The molecule has 22 heavy (non-hydrogen) atoms. The summed E-state index contributed by atoms with van der Waals surface area (Å²) in [6.45, 7) is -0.206. The van der Waals surface area contributed by atoms with Crippen LogP contribution in [0.15, 0.2) is 30.2 Å². The highest BCUT2D eigenvalue weighted by atomic mass is 35.5. The second-order valence-electron chi connectivity index (χ2n) is 3.73. The molecule has 1 aromatic carbocycles. The summed E-state index contributed by atoms with van der Waals surface area (Å²) in [4.78, 5) is 23.5. The topological polar surface area (TPSA) is 71.1 Å². The number of hydrogen-bond donors (Lipinski definition) is 0. The van der Waals surface area contributed by atoms with Gasteiger partial charge in [0.2, 0.25) is 5.76 Å². The van der Waals surface area contributed by atoms with Crippen molar-refractivity contribution in [3.8, 4) is 18.1 Å². The Kier molecular flexibility index (Phi) is 6.80. The van der Waals surface area contributed by atoms with Gasteiger partial charge in [0.05, 0.1) is 14.2 Å². The first-order valence-electron chi connectivity index (χ1n) is 5.92. The number of carbonyl (C=O) groups excluding carboxylic acids is 2. The molecular weight excluding hydrogens is 312 g/mol. The standard InChI is InChI=1S/C15H13ClO6/c1-4-7-21-14(17)11-8-10(16)5-6-12(11)22-13(9-19-2)15(18)20-3/h1,5-6,8-9H,7H2,2-3H3/b13-9+. The SMILES string of the molecule is C#CCOC(=O)c1cc(Cl)ccc1O/C(=C/OC)C(=O)OC. The minimum absolute atomic E-state index is 0.00801. The third-order valence-corrected chi connectivity index (χ3v) is 2.51. The van der Waals surface area contributed by atoms with Gasteiger partial charge in [-0.05, 0) is 18.2 Å². The Morgan fingerprint density at radius 3 is 2.68 bits per heavy atom. The molecule has 0 spiro atoms. The van der Waals surface area contributed by atoms with Gasteiger partial charge in [-0.25, -0.2) is 9.59 Å². The lowest BCUT2D eigenvalue weighted by Crippen LogP contribution is -2.14. The average Bonchev–Trinajstić information content (AvgIpc) is 2.52. The van der Waals surface area contributed by atoms with E-state index >= 15 is 0 Å². The summed E-state index contributed by atoms with van der Waals surface area (Å²) in [7, 11) is 2.51. The molecule has 0 saturated heterocycles. The molecule has 0 heterocycles. The summed E-state index contributed by atoms with van der Waals surface area (Å²) in [6.07, 6.45) is 6.07. The van der Waals surface area contributed by atoms with Crippen LogP contribution in [0.5, 0.6) is 5.75 Å². The van der Waals surface area contributed by atoms with Crippen LogP contribution in [0, 0.1) is 12.3 Å². The van der Waals surface area contributed by atoms with Gasteiger partial charge in [0.25, 0.3) is 0 Å². The van der Waals surface area contributed by atoms with E-state index in [9.17, 15) is 9.59 Å². The molecule has 0 saturated carbocycles. The van der Waals surface area contributed by atoms with Gasteiger partial charge in [0.15, 0.2) is 6.61 Å². The third kappa shape index (κ3) is 4.72. The Balaban J connectivity index is 3.13. The second kappa shape index (κ2) is 8.60. The summed E-state index contributed by atoms with van der Waals surface area (Å²) < 4.78 is 19.4. The van der Waals surface area contributed by atoms with E-state index in [-0.39, 0.29) is 28.7 Å². The lowest BCUT2D eigenvalue weighted by Gasteiger charge is -2.12. The first-order chi connectivity index (χ1) is 10.5. The fraction of sp³-hybridized carbons (Fsp3) is 0.200. The Bertz CT molecular complexity index is 629. The molecule has 0 unspecified atom stereocenters. The number of esters is 2. The molecular formula is C15H13ClO6. The molecule has 0 aliphatic heterocycles. The second-order valence-corrected chi connectivity index (χ2v) is 4.17. The summed E-state index contributed by atoms with van der Waals surface area (Å²) in [5.74, 6) is 0.442. The zero-order valence-corrected chi connectivity index (χ0v) is 12.7. The highest BCUT2D eigenvalue weighted by Crippen LogP contribution is 2.25. The Morgan fingerprint density at radius 2 is 2.09 bits per heavy atom. The number of ether oxygens (including phenoxy) is 4. The van der Waals surface area contributed by atoms with Crippen LogP contribution in [-0.2, 0) is 19.0 Å². The number of benzene rings is 1. The zero-order chi connectivity index (χ0) is 16.5. The normalized spacial score (nSPS) is 10.4. The van der Waals surface area contributed by atoms with E-state index in [0.717, 1.165) is 6.26 Å². The van der Waals surface area contributed by atoms with Crippen molar-refractivity contribution in [2.75, 3.05) is 20.8 Å². The maximum Gasteiger partial charge on any atom is 0.377 e. The maximum atomic E-state index is 11.9. The molecule has 0 amide bonds. The zero-order valence-electron chi connectivity index (χ0n) is 11.9. The minimum Gasteiger partial charge on any atom is -0.500 e. The number of methoxy groups -OCH3 is 2. The molecule has 0 atom stereocenters. The van der Waals surface area contributed by atoms with Crippen molar-refractivity contribution >= 4 is 23.5 Å². The van der Waals surface area contributed by atoms with Crippen molar-refractivity contribution in [1.29, 1.82) is 0 Å². The molecule has 0 fully saturated rings. The number of terminal acetylenes is 1. The summed E-state index contributed by atoms with van der Waals surface area (Å²) in [5.41, 5.74) is 0.00801. The fourth-order valence-electron chi connectivity index (χ4n) is 1.38. The molecule has 0 N–H and O–H groups in total. The van der Waals surface area contributed by atoms with Crippen LogP contribution in [0.1, 0.15) is 10.4 Å². The van der Waals surface area contributed by atoms with Crippen LogP contribution < -0.4 is 4.74 Å². The largest absolute Gasteiger partial charge is 0.500 e. The smallest absolute Gasteiger partial charge is 0.377 e. The van der Waals surface area contributed by atoms with Gasteiger partial charge >= 0.3 is 11.9 Å². The molecule has 1 rings (SSSR count). The van der Waals surface area contributed by atoms with Crippen LogP contribution in [0.3, 0.4) is 0 Å². The Morgan fingerprint density at radius 1 is 1.36 bits per heavy atom. The van der Waals surface area contributed by atoms with Crippen LogP contribution in [-0.4, -0.2) is 32.8 Å². The molecule has 0 aromatic heterocycles. The number of halogens is 1. The highest BCUT2D eigenvalue weighted by Gasteiger charge is 2.20. The van der Waals surface area contributed by atoms with Gasteiger partial charge in [0, 0.05) is 5.02 Å². The average molecular weight is 325 g/mol. The fourth-order valence-corrected chi connectivity index (χ4v) is 1.55. The predicted octanol–water partition coefficient (Wildman–Crippen LogP) is 2.17. The molecule has 1 aromatic rings. The van der Waals surface area contributed by atoms with Gasteiger partial charge in [0.1, 0.15) is 17.6 Å². The predicted molar refractivity (Wildman–Crippen MR) is 78.3 cm³/mol. The van der Waals surface area contributed by atoms with Crippen molar-refractivity contribution < 1.29 is 28.5 Å². The van der Waals surface area contributed by atoms with E-state index in [2.05, 4.69) is 10.7 Å². The van der Waals surface area contributed by atoms with Crippen LogP contribution in [0.2, 0.25) is 5.02 Å². The van der Waals surface area contributed by atoms with E-state index in [1.165, 1.54) is 32.4 Å². The molecule has 0 radical (unpaired) electrons. The van der Waals surface area contributed by atoms with Gasteiger partial charge < -0.3 is 18.9 Å². The van der Waals surface area contributed by atoms with Crippen molar-refractivity contribution in [3.05, 3.63) is 40.8 Å². The van der Waals surface area contributed by atoms with Crippen LogP contribution in [0.25, 0.3) is 0 Å². The minimum atomic E-state index is -0.778. The van der Waals surface area contributed by atoms with Crippen LogP contribution >= 0.6 is 11.6 Å². The van der Waals surface area contributed by atoms with E-state index < -0.39 is 11.9 Å². The summed E-state index contributed by atoms with van der Waals surface area (Å²) in [6, 6.07) is 4.22. The van der Waals surface area contributed by atoms with Crippen molar-refractivity contribution in [2.24, 2.45) is 0 Å². The van der Waals surface area contributed by atoms with Gasteiger partial charge in [-0.2, -0.15) is 0 Å². The summed E-state index contributed by atoms with van der Waals surface area (Å²) >= 11 is 5.85. The monoisotopic (exact) mass is 324 g/mol. The molecule has 7 heteroatoms. The first kappa shape index (κ1) is 17.4. The van der Waals surface area contributed by atoms with E-state index in [4.69, 9.17) is 32.2 Å². The number of carbonyl (C=O) groups is 2. The molecule has 0 aliphatic carbocycles. The first-order valence-corrected chi connectivity index (χ1v) is 6.30. The van der Waals surface area contributed by atoms with Gasteiger partial charge in [-0.3, -0.25) is 0 Å². The number of rotatable bonds is 6. The quantitative estimate of drug-likeness (QED) is 0.346. The maximum absolute atomic E-state index is 11.9. The van der Waals surface area contributed by atoms with E-state index in [1.807, 2.05) is 0 Å². The Labute approximate surface area is 132 Å². The highest BCUT2D eigenvalue weighted by molar-refractivity contribution is 6.31. The van der Waals surface area contributed by atoms with Gasteiger partial charge in [-0.15, -0.1) is 6.42 Å². The van der Waals surface area contributed by atoms with Gasteiger partial charge in [-0.1, -0.05) is 17.5 Å². The van der Waals surface area contributed by atoms with Crippen molar-refractivity contribution in [1.82, 2.24) is 0 Å². The van der Waals surface area contributed by atoms with Crippen LogP contribution in [0.4, 0.5) is 0 Å². The third-order valence-electron chi connectivity index (χ3n) is 2.28. The van der Waals surface area contributed by atoms with E-state index in [1.54, 1.807) is 0 Å². The molecule has 0 aliphatic rings. The lowest BCUT2D eigenvalue weighted by atomic mass is 10.2. The van der Waals surface area contributed by atoms with Crippen molar-refractivity contribution in [3.63, 3.8) is 0 Å². The Hall–Kier alpha value is -2.65. The lowest BCUT2D eigenvalue weighted by molar-refractivity contribution is -0.138. The molecule has 0 bridgehead atoms. The van der Waals surface area contributed by atoms with E-state index in [0.29, 0.717) is 0 Å².